The highest BCUT2D eigenvalue weighted by molar-refractivity contribution is 5.22. The fourth-order valence-corrected chi connectivity index (χ4v) is 9.76. The van der Waals surface area contributed by atoms with Crippen molar-refractivity contribution in [1.82, 2.24) is 0 Å². The van der Waals surface area contributed by atoms with E-state index in [0.29, 0.717) is 29.6 Å². The number of rotatable bonds is 6. The molecule has 0 spiro atoms. The normalized spacial score (nSPS) is 51.8. The quantitative estimate of drug-likeness (QED) is 0.465. The van der Waals surface area contributed by atoms with Crippen LogP contribution in [0.2, 0.25) is 0 Å². The molecule has 0 aliphatic heterocycles. The van der Waals surface area contributed by atoms with Gasteiger partial charge in [-0.2, -0.15) is 0 Å². The third-order valence-electron chi connectivity index (χ3n) is 11.6. The molecule has 10 atom stereocenters. The third kappa shape index (κ3) is 3.53. The van der Waals surface area contributed by atoms with Gasteiger partial charge in [0.1, 0.15) is 11.2 Å². The van der Waals surface area contributed by atoms with Gasteiger partial charge in [0.15, 0.2) is 0 Å². The Morgan fingerprint density at radius 3 is 2.28 bits per heavy atom. The van der Waals surface area contributed by atoms with Gasteiger partial charge in [0, 0.05) is 18.4 Å². The van der Waals surface area contributed by atoms with Crippen molar-refractivity contribution in [1.29, 1.82) is 0 Å². The summed E-state index contributed by atoms with van der Waals surface area (Å²) in [6.45, 7) is 12.0. The largest absolute Gasteiger partial charge is 0.393 e. The van der Waals surface area contributed by atoms with Gasteiger partial charge in [-0.15, -0.1) is 0 Å². The van der Waals surface area contributed by atoms with E-state index in [1.807, 2.05) is 0 Å². The minimum atomic E-state index is -1.30. The molecule has 4 saturated carbocycles. The molecule has 186 valence electrons. The van der Waals surface area contributed by atoms with Crippen molar-refractivity contribution in [2.75, 3.05) is 6.54 Å². The first-order valence-corrected chi connectivity index (χ1v) is 13.7. The van der Waals surface area contributed by atoms with Crippen molar-refractivity contribution >= 4 is 0 Å². The Labute approximate surface area is 196 Å². The van der Waals surface area contributed by atoms with E-state index >= 15 is 0 Å². The van der Waals surface area contributed by atoms with Crippen LogP contribution in [0.4, 0.5) is 0 Å². The summed E-state index contributed by atoms with van der Waals surface area (Å²) in [4.78, 5) is 0. The van der Waals surface area contributed by atoms with E-state index in [1.54, 1.807) is 0 Å². The maximum absolute atomic E-state index is 12.0. The molecule has 0 heterocycles. The van der Waals surface area contributed by atoms with E-state index in [-0.39, 0.29) is 18.4 Å². The number of hydrogen-bond donors (Lipinski definition) is 4. The Balaban J connectivity index is 1.60. The molecule has 0 bridgehead atoms. The van der Waals surface area contributed by atoms with Crippen LogP contribution in [-0.2, 0) is 0 Å². The SMILES string of the molecule is CC(C)CCC[C@@H](C)[C@H]1CC[C@H]2[C@@H]3C[C@](O)(CN)[C@@]4(O)C[C@@H](O)CC[C@]4(C)[C@H]3CC[C@]12C. The molecule has 0 unspecified atom stereocenters. The Kier molecular flexibility index (Phi) is 6.63. The zero-order valence-electron chi connectivity index (χ0n) is 21.4. The van der Waals surface area contributed by atoms with E-state index in [9.17, 15) is 15.3 Å². The lowest BCUT2D eigenvalue weighted by molar-refractivity contribution is -0.303. The van der Waals surface area contributed by atoms with Crippen LogP contribution in [-0.4, -0.2) is 39.2 Å². The van der Waals surface area contributed by atoms with Gasteiger partial charge in [0.25, 0.3) is 0 Å². The molecule has 32 heavy (non-hydrogen) atoms. The van der Waals surface area contributed by atoms with Crippen LogP contribution in [0.25, 0.3) is 0 Å². The van der Waals surface area contributed by atoms with Gasteiger partial charge in [-0.1, -0.05) is 53.9 Å². The Morgan fingerprint density at radius 1 is 0.906 bits per heavy atom. The van der Waals surface area contributed by atoms with Gasteiger partial charge >= 0.3 is 0 Å². The van der Waals surface area contributed by atoms with Gasteiger partial charge in [-0.05, 0) is 85.9 Å². The number of nitrogens with two attached hydrogens (primary N) is 1. The molecule has 5 N–H and O–H groups in total. The minimum Gasteiger partial charge on any atom is -0.393 e. The maximum Gasteiger partial charge on any atom is 0.106 e. The standard InChI is InChI=1S/C28H51NO3/c1-18(2)7-6-8-19(3)22-9-10-23-21-16-27(31,17-29)28(32)15-20(30)11-14-26(28,5)24(21)12-13-25(22,23)4/h18-24,30-32H,6-17,29H2,1-5H3/t19-,20+,21+,22-,23+,24+,25-,26-,27+,28-/m1/s1. The van der Waals surface area contributed by atoms with Crippen LogP contribution in [0.15, 0.2) is 0 Å². The lowest BCUT2D eigenvalue weighted by atomic mass is 9.39. The molecule has 0 aromatic rings. The fourth-order valence-electron chi connectivity index (χ4n) is 9.76. The van der Waals surface area contributed by atoms with Crippen molar-refractivity contribution in [3.05, 3.63) is 0 Å². The second kappa shape index (κ2) is 8.50. The van der Waals surface area contributed by atoms with Crippen LogP contribution in [0, 0.1) is 46.3 Å². The first-order chi connectivity index (χ1) is 14.9. The van der Waals surface area contributed by atoms with Crippen LogP contribution in [0.1, 0.15) is 105 Å². The predicted octanol–water partition coefficient (Wildman–Crippen LogP) is 4.88. The van der Waals surface area contributed by atoms with Gasteiger partial charge in [-0.25, -0.2) is 0 Å². The third-order valence-corrected chi connectivity index (χ3v) is 11.6. The van der Waals surface area contributed by atoms with Crippen molar-refractivity contribution in [3.8, 4) is 0 Å². The summed E-state index contributed by atoms with van der Waals surface area (Å²) in [6.07, 6.45) is 10.8. The van der Waals surface area contributed by atoms with Crippen LogP contribution in [0.3, 0.4) is 0 Å². The number of hydrogen-bond acceptors (Lipinski definition) is 4. The summed E-state index contributed by atoms with van der Waals surface area (Å²) < 4.78 is 0. The second-order valence-corrected chi connectivity index (χ2v) is 13.5. The first kappa shape index (κ1) is 24.9. The van der Waals surface area contributed by atoms with E-state index in [1.165, 1.54) is 38.5 Å². The van der Waals surface area contributed by atoms with E-state index in [4.69, 9.17) is 5.73 Å². The Morgan fingerprint density at radius 2 is 1.62 bits per heavy atom. The number of aliphatic hydroxyl groups is 3. The number of aliphatic hydroxyl groups excluding tert-OH is 1. The van der Waals surface area contributed by atoms with Crippen molar-refractivity contribution in [2.45, 2.75) is 123 Å². The summed E-state index contributed by atoms with van der Waals surface area (Å²) in [5, 5.41) is 34.2. The summed E-state index contributed by atoms with van der Waals surface area (Å²) in [5.74, 6) is 3.78. The van der Waals surface area contributed by atoms with E-state index in [2.05, 4.69) is 34.6 Å². The first-order valence-electron chi connectivity index (χ1n) is 13.7. The van der Waals surface area contributed by atoms with Gasteiger partial charge in [0.2, 0.25) is 0 Å². The fraction of sp³-hybridized carbons (Fsp3) is 1.00. The molecule has 0 aromatic heterocycles. The van der Waals surface area contributed by atoms with Crippen molar-refractivity contribution < 1.29 is 15.3 Å². The zero-order chi connectivity index (χ0) is 23.5. The zero-order valence-corrected chi connectivity index (χ0v) is 21.4. The maximum atomic E-state index is 12.0. The van der Waals surface area contributed by atoms with E-state index < -0.39 is 17.3 Å². The Hall–Kier alpha value is -0.160. The van der Waals surface area contributed by atoms with Crippen LogP contribution in [0.5, 0.6) is 0 Å². The highest BCUT2D eigenvalue weighted by Crippen LogP contribution is 2.70. The molecule has 4 rings (SSSR count). The molecule has 0 aromatic carbocycles. The molecular formula is C28H51NO3. The van der Waals surface area contributed by atoms with Gasteiger partial charge < -0.3 is 21.1 Å². The topological polar surface area (TPSA) is 86.7 Å². The highest BCUT2D eigenvalue weighted by Gasteiger charge is 2.71. The molecule has 4 nitrogen and oxygen atoms in total. The lowest BCUT2D eigenvalue weighted by Gasteiger charge is -2.68. The Bertz CT molecular complexity index is 684. The average molecular weight is 450 g/mol. The molecule has 4 fully saturated rings. The van der Waals surface area contributed by atoms with Crippen LogP contribution >= 0.6 is 0 Å². The summed E-state index contributed by atoms with van der Waals surface area (Å²) in [5.41, 5.74) is 3.57. The molecule has 4 aliphatic rings. The minimum absolute atomic E-state index is 0.0769. The van der Waals surface area contributed by atoms with E-state index in [0.717, 1.165) is 37.0 Å². The van der Waals surface area contributed by atoms with Crippen LogP contribution < -0.4 is 5.73 Å². The monoisotopic (exact) mass is 449 g/mol. The predicted molar refractivity (Wildman–Crippen MR) is 130 cm³/mol. The average Bonchev–Trinajstić information content (AvgIpc) is 3.07. The van der Waals surface area contributed by atoms with Gasteiger partial charge in [0.05, 0.1) is 6.10 Å². The summed E-state index contributed by atoms with van der Waals surface area (Å²) in [6, 6.07) is 0. The summed E-state index contributed by atoms with van der Waals surface area (Å²) in [7, 11) is 0. The smallest absolute Gasteiger partial charge is 0.106 e. The summed E-state index contributed by atoms with van der Waals surface area (Å²) >= 11 is 0. The lowest BCUT2D eigenvalue weighted by Crippen LogP contribution is -2.75. The molecule has 0 saturated heterocycles. The number of fused-ring (bicyclic) bond motifs is 5. The molecular weight excluding hydrogens is 398 g/mol. The van der Waals surface area contributed by atoms with Crippen molar-refractivity contribution in [3.63, 3.8) is 0 Å². The van der Waals surface area contributed by atoms with Gasteiger partial charge in [-0.3, -0.25) is 0 Å². The molecule has 4 heteroatoms. The second-order valence-electron chi connectivity index (χ2n) is 13.5. The van der Waals surface area contributed by atoms with Crippen molar-refractivity contribution in [2.24, 2.45) is 52.1 Å². The molecule has 0 amide bonds. The molecule has 0 radical (unpaired) electrons. The highest BCUT2D eigenvalue weighted by atomic mass is 16.4. The molecule has 4 aliphatic carbocycles.